The molecule has 1 aliphatic heterocycles. The molecule has 0 amide bonds. The van der Waals surface area contributed by atoms with E-state index >= 15 is 0 Å². The molecule has 0 radical (unpaired) electrons. The van der Waals surface area contributed by atoms with Crippen LogP contribution in [0.4, 0.5) is 0 Å². The summed E-state index contributed by atoms with van der Waals surface area (Å²) in [5.74, 6) is -0.491. The third-order valence-corrected chi connectivity index (χ3v) is 2.84. The summed E-state index contributed by atoms with van der Waals surface area (Å²) in [6, 6.07) is 0. The van der Waals surface area contributed by atoms with Gasteiger partial charge in [-0.3, -0.25) is 9.59 Å². The molecule has 1 aliphatic rings. The number of carbonyl (C=O) groups is 2. The molecule has 4 nitrogen and oxygen atoms in total. The molecule has 0 aromatic heterocycles. The van der Waals surface area contributed by atoms with Crippen molar-refractivity contribution in [1.29, 1.82) is 0 Å². The Labute approximate surface area is 96.3 Å². The molecule has 1 fully saturated rings. The minimum Gasteiger partial charge on any atom is -0.454 e. The lowest BCUT2D eigenvalue weighted by Gasteiger charge is -2.31. The van der Waals surface area contributed by atoms with Crippen LogP contribution < -0.4 is 0 Å². The van der Waals surface area contributed by atoms with Gasteiger partial charge < -0.3 is 9.47 Å². The predicted molar refractivity (Wildman–Crippen MR) is 58.9 cm³/mol. The molecule has 0 bridgehead atoms. The summed E-state index contributed by atoms with van der Waals surface area (Å²) >= 11 is 0. The number of esters is 1. The second-order valence-corrected chi connectivity index (χ2v) is 5.72. The lowest BCUT2D eigenvalue weighted by Crippen LogP contribution is -2.45. The third-order valence-electron chi connectivity index (χ3n) is 2.84. The quantitative estimate of drug-likeness (QED) is 0.639. The van der Waals surface area contributed by atoms with E-state index < -0.39 is 22.9 Å². The van der Waals surface area contributed by atoms with Crippen LogP contribution in [0.3, 0.4) is 0 Å². The van der Waals surface area contributed by atoms with Gasteiger partial charge in [-0.15, -0.1) is 0 Å². The Hall–Kier alpha value is -0.900. The molecule has 1 saturated heterocycles. The lowest BCUT2D eigenvalue weighted by molar-refractivity contribution is -0.162. The average molecular weight is 228 g/mol. The van der Waals surface area contributed by atoms with Crippen molar-refractivity contribution >= 4 is 11.8 Å². The fourth-order valence-electron chi connectivity index (χ4n) is 1.80. The first-order chi connectivity index (χ1) is 7.17. The molecule has 0 saturated carbocycles. The molecule has 4 heteroatoms. The summed E-state index contributed by atoms with van der Waals surface area (Å²) < 4.78 is 10.7. The molecule has 92 valence electrons. The zero-order valence-corrected chi connectivity index (χ0v) is 10.6. The first-order valence-corrected chi connectivity index (χ1v) is 5.46. The Morgan fingerprint density at radius 1 is 1.31 bits per heavy atom. The number of ketones is 1. The van der Waals surface area contributed by atoms with Crippen LogP contribution in [0.25, 0.3) is 0 Å². The highest BCUT2D eigenvalue weighted by atomic mass is 16.6. The van der Waals surface area contributed by atoms with Crippen LogP contribution in [0.1, 0.15) is 34.6 Å². The maximum absolute atomic E-state index is 12.3. The topological polar surface area (TPSA) is 52.6 Å². The van der Waals surface area contributed by atoms with Crippen LogP contribution in [0, 0.1) is 10.8 Å². The zero-order valence-electron chi connectivity index (χ0n) is 10.6. The summed E-state index contributed by atoms with van der Waals surface area (Å²) in [5, 5.41) is 0. The smallest absolute Gasteiger partial charge is 0.303 e. The number of ether oxygens (including phenoxy) is 2. The Kier molecular flexibility index (Phi) is 3.43. The van der Waals surface area contributed by atoms with Crippen molar-refractivity contribution in [2.45, 2.75) is 40.7 Å². The van der Waals surface area contributed by atoms with Gasteiger partial charge in [0, 0.05) is 12.3 Å². The molecule has 0 N–H and O–H groups in total. The van der Waals surface area contributed by atoms with E-state index in [0.717, 1.165) is 0 Å². The summed E-state index contributed by atoms with van der Waals surface area (Å²) in [6.45, 7) is 9.48. The van der Waals surface area contributed by atoms with Gasteiger partial charge in [0.2, 0.25) is 0 Å². The van der Waals surface area contributed by atoms with Gasteiger partial charge in [-0.25, -0.2) is 0 Å². The van der Waals surface area contributed by atoms with Gasteiger partial charge in [-0.05, 0) is 0 Å². The lowest BCUT2D eigenvalue weighted by atomic mass is 9.77. The van der Waals surface area contributed by atoms with E-state index in [1.54, 1.807) is 0 Å². The summed E-state index contributed by atoms with van der Waals surface area (Å²) in [5.41, 5.74) is -1.08. The largest absolute Gasteiger partial charge is 0.454 e. The van der Waals surface area contributed by atoms with Gasteiger partial charge in [-0.2, -0.15) is 0 Å². The minimum absolute atomic E-state index is 0.0646. The molecule has 1 heterocycles. The van der Waals surface area contributed by atoms with Crippen molar-refractivity contribution < 1.29 is 19.1 Å². The Morgan fingerprint density at radius 3 is 2.38 bits per heavy atom. The van der Waals surface area contributed by atoms with Crippen molar-refractivity contribution in [3.63, 3.8) is 0 Å². The molecule has 1 atom stereocenters. The number of Topliss-reactive ketones (excluding diaryl/α,β-unsaturated/α-hetero) is 1. The Morgan fingerprint density at radius 2 is 1.88 bits per heavy atom. The summed E-state index contributed by atoms with van der Waals surface area (Å²) in [4.78, 5) is 23.3. The highest BCUT2D eigenvalue weighted by Gasteiger charge is 2.47. The Bertz CT molecular complexity index is 304. The highest BCUT2D eigenvalue weighted by Crippen LogP contribution is 2.34. The maximum atomic E-state index is 12.3. The zero-order chi connectivity index (χ0) is 12.6. The van der Waals surface area contributed by atoms with Gasteiger partial charge >= 0.3 is 5.97 Å². The van der Waals surface area contributed by atoms with Crippen LogP contribution in [0.2, 0.25) is 0 Å². The first-order valence-electron chi connectivity index (χ1n) is 5.46. The van der Waals surface area contributed by atoms with Gasteiger partial charge in [-0.1, -0.05) is 27.7 Å². The summed E-state index contributed by atoms with van der Waals surface area (Å²) in [7, 11) is 0. The van der Waals surface area contributed by atoms with Crippen LogP contribution >= 0.6 is 0 Å². The van der Waals surface area contributed by atoms with Gasteiger partial charge in [0.25, 0.3) is 0 Å². The normalized spacial score (nSPS) is 28.3. The fraction of sp³-hybridized carbons (Fsp3) is 0.833. The second-order valence-electron chi connectivity index (χ2n) is 5.72. The predicted octanol–water partition coefficient (Wildman–Crippen LogP) is 1.57. The highest BCUT2D eigenvalue weighted by molar-refractivity contribution is 5.90. The van der Waals surface area contributed by atoms with Crippen LogP contribution in [0.15, 0.2) is 0 Å². The molecule has 0 aromatic carbocycles. The monoisotopic (exact) mass is 228 g/mol. The van der Waals surface area contributed by atoms with E-state index in [0.29, 0.717) is 13.2 Å². The van der Waals surface area contributed by atoms with E-state index in [4.69, 9.17) is 9.47 Å². The van der Waals surface area contributed by atoms with Crippen LogP contribution in [0.5, 0.6) is 0 Å². The Balaban J connectivity index is 3.03. The number of hydrogen-bond donors (Lipinski definition) is 0. The molecule has 0 aliphatic carbocycles. The molecule has 16 heavy (non-hydrogen) atoms. The maximum Gasteiger partial charge on any atom is 0.303 e. The molecule has 1 unspecified atom stereocenters. The van der Waals surface area contributed by atoms with Crippen molar-refractivity contribution in [2.75, 3.05) is 13.2 Å². The average Bonchev–Trinajstić information content (AvgIpc) is 2.16. The van der Waals surface area contributed by atoms with E-state index in [1.807, 2.05) is 27.7 Å². The summed E-state index contributed by atoms with van der Waals surface area (Å²) in [6.07, 6.45) is -0.720. The van der Waals surface area contributed by atoms with E-state index in [-0.39, 0.29) is 5.78 Å². The SMILES string of the molecule is CC(=O)OC1C(=O)C(C)(C)COCC1(C)C. The fourth-order valence-corrected chi connectivity index (χ4v) is 1.80. The second kappa shape index (κ2) is 4.17. The third kappa shape index (κ3) is 2.61. The van der Waals surface area contributed by atoms with Crippen molar-refractivity contribution in [3.05, 3.63) is 0 Å². The number of rotatable bonds is 1. The van der Waals surface area contributed by atoms with Crippen molar-refractivity contribution in [3.8, 4) is 0 Å². The van der Waals surface area contributed by atoms with Crippen LogP contribution in [-0.4, -0.2) is 31.1 Å². The first kappa shape index (κ1) is 13.2. The van der Waals surface area contributed by atoms with Gasteiger partial charge in [0.05, 0.1) is 18.6 Å². The van der Waals surface area contributed by atoms with Gasteiger partial charge in [0.1, 0.15) is 0 Å². The van der Waals surface area contributed by atoms with E-state index in [1.165, 1.54) is 6.92 Å². The molecule has 0 spiro atoms. The molecule has 1 rings (SSSR count). The molecular weight excluding hydrogens is 208 g/mol. The minimum atomic E-state index is -0.720. The van der Waals surface area contributed by atoms with Crippen molar-refractivity contribution in [1.82, 2.24) is 0 Å². The van der Waals surface area contributed by atoms with Crippen LogP contribution in [-0.2, 0) is 19.1 Å². The number of hydrogen-bond acceptors (Lipinski definition) is 4. The standard InChI is InChI=1S/C12H20O4/c1-8(13)16-10-9(14)11(2,3)6-15-7-12(10,4)5/h10H,6-7H2,1-5H3. The van der Waals surface area contributed by atoms with E-state index in [2.05, 4.69) is 0 Å². The van der Waals surface area contributed by atoms with E-state index in [9.17, 15) is 9.59 Å². The van der Waals surface area contributed by atoms with Gasteiger partial charge in [0.15, 0.2) is 11.9 Å². The van der Waals surface area contributed by atoms with Crippen molar-refractivity contribution in [2.24, 2.45) is 10.8 Å². The molecular formula is C12H20O4. The molecule has 0 aromatic rings. The number of carbonyl (C=O) groups excluding carboxylic acids is 2.